The van der Waals surface area contributed by atoms with Crippen molar-refractivity contribution in [2.75, 3.05) is 6.54 Å². The molecular weight excluding hydrogens is 367 g/mol. The number of aliphatic carboxylic acids is 1. The van der Waals surface area contributed by atoms with Crippen molar-refractivity contribution in [1.82, 2.24) is 9.88 Å². The van der Waals surface area contributed by atoms with Gasteiger partial charge in [-0.2, -0.15) is 0 Å². The van der Waals surface area contributed by atoms with Gasteiger partial charge in [-0.05, 0) is 31.0 Å². The number of aromatic nitrogens is 1. The smallest absolute Gasteiger partial charge is 0.326 e. The average Bonchev–Trinajstić information content (AvgIpc) is 3.22. The Hall–Kier alpha value is -2.05. The van der Waals surface area contributed by atoms with Crippen molar-refractivity contribution in [3.63, 3.8) is 0 Å². The van der Waals surface area contributed by atoms with E-state index >= 15 is 0 Å². The Morgan fingerprint density at radius 3 is 2.88 bits per heavy atom. The summed E-state index contributed by atoms with van der Waals surface area (Å²) in [6.07, 6.45) is 3.20. The van der Waals surface area contributed by atoms with Crippen LogP contribution in [0.25, 0.3) is 11.3 Å². The molecule has 0 aliphatic carbocycles. The number of oxazole rings is 1. The molecule has 1 aromatic heterocycles. The number of rotatable bonds is 5. The predicted octanol–water partition coefficient (Wildman–Crippen LogP) is 3.66. The number of hydrogen-bond acceptors (Lipinski definition) is 4. The van der Waals surface area contributed by atoms with Crippen LogP contribution in [0.4, 0.5) is 0 Å². The summed E-state index contributed by atoms with van der Waals surface area (Å²) in [5.41, 5.74) is 0.668. The van der Waals surface area contributed by atoms with Crippen molar-refractivity contribution in [2.24, 2.45) is 0 Å². The molecule has 1 amide bonds. The molecule has 2 aromatic rings. The quantitative estimate of drug-likeness (QED) is 0.852. The average molecular weight is 383 g/mol. The van der Waals surface area contributed by atoms with E-state index in [1.807, 2.05) is 0 Å². The van der Waals surface area contributed by atoms with E-state index < -0.39 is 12.0 Å². The number of carbonyl (C=O) groups excluding carboxylic acids is 1. The molecule has 1 aliphatic rings. The molecule has 1 saturated heterocycles. The van der Waals surface area contributed by atoms with E-state index in [9.17, 15) is 9.59 Å². The number of amides is 1. The van der Waals surface area contributed by atoms with Crippen LogP contribution >= 0.6 is 23.2 Å². The highest BCUT2D eigenvalue weighted by molar-refractivity contribution is 6.36. The van der Waals surface area contributed by atoms with Crippen molar-refractivity contribution < 1.29 is 19.1 Å². The van der Waals surface area contributed by atoms with E-state index in [1.165, 1.54) is 4.90 Å². The first-order valence-corrected chi connectivity index (χ1v) is 8.63. The van der Waals surface area contributed by atoms with Crippen LogP contribution in [0.1, 0.15) is 25.2 Å². The van der Waals surface area contributed by atoms with Crippen LogP contribution in [0, 0.1) is 0 Å². The lowest BCUT2D eigenvalue weighted by Crippen LogP contribution is -2.40. The zero-order valence-electron chi connectivity index (χ0n) is 13.2. The van der Waals surface area contributed by atoms with Crippen molar-refractivity contribution in [1.29, 1.82) is 0 Å². The monoisotopic (exact) mass is 382 g/mol. The lowest BCUT2D eigenvalue weighted by molar-refractivity contribution is -0.148. The van der Waals surface area contributed by atoms with Gasteiger partial charge in [0.2, 0.25) is 5.91 Å². The van der Waals surface area contributed by atoms with Gasteiger partial charge in [-0.1, -0.05) is 23.2 Å². The Morgan fingerprint density at radius 2 is 2.16 bits per heavy atom. The van der Waals surface area contributed by atoms with Gasteiger partial charge in [0.25, 0.3) is 0 Å². The van der Waals surface area contributed by atoms with E-state index in [-0.39, 0.29) is 12.3 Å². The number of likely N-dealkylation sites (tertiary alicyclic amines) is 1. The summed E-state index contributed by atoms with van der Waals surface area (Å²) in [6.45, 7) is 0.479. The Morgan fingerprint density at radius 1 is 1.36 bits per heavy atom. The number of hydrogen-bond donors (Lipinski definition) is 1. The fourth-order valence-electron chi connectivity index (χ4n) is 2.92. The van der Waals surface area contributed by atoms with E-state index in [0.29, 0.717) is 53.1 Å². The van der Waals surface area contributed by atoms with Gasteiger partial charge in [0.1, 0.15) is 6.04 Å². The summed E-state index contributed by atoms with van der Waals surface area (Å²) >= 11 is 12.0. The van der Waals surface area contributed by atoms with Gasteiger partial charge < -0.3 is 14.4 Å². The highest BCUT2D eigenvalue weighted by Crippen LogP contribution is 2.31. The molecule has 0 unspecified atom stereocenters. The second-order valence-corrected chi connectivity index (χ2v) is 6.67. The Labute approximate surface area is 154 Å². The number of carbonyl (C=O) groups is 2. The number of benzene rings is 1. The largest absolute Gasteiger partial charge is 0.480 e. The zero-order chi connectivity index (χ0) is 18.0. The molecule has 0 spiro atoms. The first kappa shape index (κ1) is 17.8. The molecule has 0 bridgehead atoms. The molecule has 0 saturated carbocycles. The SMILES string of the molecule is O=C(O)[C@@H]1CCCN1C(=O)CCc1ncc(-c2ccc(Cl)cc2Cl)o1. The Bertz CT molecular complexity index is 806. The number of nitrogens with zero attached hydrogens (tertiary/aromatic N) is 2. The molecule has 25 heavy (non-hydrogen) atoms. The van der Waals surface area contributed by atoms with E-state index in [2.05, 4.69) is 4.98 Å². The number of carboxylic acid groups (broad SMARTS) is 1. The summed E-state index contributed by atoms with van der Waals surface area (Å²) in [6, 6.07) is 4.33. The molecular formula is C17H16Cl2N2O4. The van der Waals surface area contributed by atoms with Crippen LogP contribution < -0.4 is 0 Å². The van der Waals surface area contributed by atoms with E-state index in [0.717, 1.165) is 0 Å². The van der Waals surface area contributed by atoms with Gasteiger partial charge in [0.05, 0.1) is 11.2 Å². The van der Waals surface area contributed by atoms with Crippen molar-refractivity contribution in [3.8, 4) is 11.3 Å². The van der Waals surface area contributed by atoms with Gasteiger partial charge in [-0.3, -0.25) is 4.79 Å². The molecule has 1 atom stereocenters. The standard InChI is InChI=1S/C17H16Cl2N2O4/c18-10-3-4-11(12(19)8-10)14-9-20-15(25-14)5-6-16(22)21-7-1-2-13(21)17(23)24/h3-4,8-9,13H,1-2,5-7H2,(H,23,24)/t13-/m0/s1. The predicted molar refractivity (Wildman–Crippen MR) is 92.7 cm³/mol. The Kier molecular flexibility index (Phi) is 5.30. The summed E-state index contributed by atoms with van der Waals surface area (Å²) in [4.78, 5) is 29.0. The number of aryl methyl sites for hydroxylation is 1. The van der Waals surface area contributed by atoms with Crippen LogP contribution in [0.3, 0.4) is 0 Å². The number of halogens is 2. The minimum Gasteiger partial charge on any atom is -0.480 e. The number of carboxylic acids is 1. The molecule has 8 heteroatoms. The van der Waals surface area contributed by atoms with Gasteiger partial charge in [-0.15, -0.1) is 0 Å². The third kappa shape index (κ3) is 3.96. The first-order chi connectivity index (χ1) is 12.0. The van der Waals surface area contributed by atoms with Gasteiger partial charge in [-0.25, -0.2) is 9.78 Å². The summed E-state index contributed by atoms with van der Waals surface area (Å²) in [7, 11) is 0. The molecule has 132 valence electrons. The summed E-state index contributed by atoms with van der Waals surface area (Å²) < 4.78 is 5.65. The maximum Gasteiger partial charge on any atom is 0.326 e. The highest BCUT2D eigenvalue weighted by atomic mass is 35.5. The third-order valence-corrected chi connectivity index (χ3v) is 4.71. The summed E-state index contributed by atoms with van der Waals surface area (Å²) in [5, 5.41) is 10.1. The second-order valence-electron chi connectivity index (χ2n) is 5.83. The van der Waals surface area contributed by atoms with Crippen molar-refractivity contribution >= 4 is 35.1 Å². The van der Waals surface area contributed by atoms with Gasteiger partial charge in [0, 0.05) is 30.0 Å². The van der Waals surface area contributed by atoms with Crippen LogP contribution in [0.5, 0.6) is 0 Å². The molecule has 3 rings (SSSR count). The van der Waals surface area contributed by atoms with Gasteiger partial charge >= 0.3 is 5.97 Å². The molecule has 0 radical (unpaired) electrons. The molecule has 1 aromatic carbocycles. The van der Waals surface area contributed by atoms with Crippen molar-refractivity contribution in [2.45, 2.75) is 31.7 Å². The third-order valence-electron chi connectivity index (χ3n) is 4.16. The minimum atomic E-state index is -0.957. The lowest BCUT2D eigenvalue weighted by atomic mass is 10.2. The fourth-order valence-corrected chi connectivity index (χ4v) is 3.42. The van der Waals surface area contributed by atoms with Crippen molar-refractivity contribution in [3.05, 3.63) is 40.3 Å². The first-order valence-electron chi connectivity index (χ1n) is 7.88. The molecule has 1 N–H and O–H groups in total. The molecule has 2 heterocycles. The fraction of sp³-hybridized carbons (Fsp3) is 0.353. The maximum absolute atomic E-state index is 12.3. The van der Waals surface area contributed by atoms with Gasteiger partial charge in [0.15, 0.2) is 11.7 Å². The lowest BCUT2D eigenvalue weighted by Gasteiger charge is -2.20. The molecule has 1 fully saturated rings. The van der Waals surface area contributed by atoms with Crippen LogP contribution in [0.2, 0.25) is 10.0 Å². The topological polar surface area (TPSA) is 83.6 Å². The zero-order valence-corrected chi connectivity index (χ0v) is 14.8. The second kappa shape index (κ2) is 7.45. The van der Waals surface area contributed by atoms with Crippen LogP contribution in [0.15, 0.2) is 28.8 Å². The minimum absolute atomic E-state index is 0.151. The molecule has 1 aliphatic heterocycles. The Balaban J connectivity index is 1.64. The van der Waals surface area contributed by atoms with Crippen LogP contribution in [-0.2, 0) is 16.0 Å². The maximum atomic E-state index is 12.3. The normalized spacial score (nSPS) is 17.0. The highest BCUT2D eigenvalue weighted by Gasteiger charge is 2.33. The molecule has 6 nitrogen and oxygen atoms in total. The van der Waals surface area contributed by atoms with E-state index in [1.54, 1.807) is 24.4 Å². The van der Waals surface area contributed by atoms with Crippen LogP contribution in [-0.4, -0.2) is 39.5 Å². The summed E-state index contributed by atoms with van der Waals surface area (Å²) in [5.74, 6) is -0.259. The van der Waals surface area contributed by atoms with E-state index in [4.69, 9.17) is 32.7 Å².